The predicted molar refractivity (Wildman–Crippen MR) is 122 cm³/mol. The third kappa shape index (κ3) is 4.53. The maximum absolute atomic E-state index is 15.2. The van der Waals surface area contributed by atoms with Gasteiger partial charge in [0.2, 0.25) is 0 Å². The second-order valence-electron chi connectivity index (χ2n) is 9.97. The lowest BCUT2D eigenvalue weighted by molar-refractivity contribution is -0.187. The molecule has 1 heterocycles. The van der Waals surface area contributed by atoms with Gasteiger partial charge in [-0.05, 0) is 86.6 Å². The normalized spacial score (nSPS) is 29.1. The molecule has 184 valence electrons. The van der Waals surface area contributed by atoms with E-state index in [1.165, 1.54) is 31.7 Å². The summed E-state index contributed by atoms with van der Waals surface area (Å²) >= 11 is 0. The summed E-state index contributed by atoms with van der Waals surface area (Å²) in [5.74, 6) is -2.72. The van der Waals surface area contributed by atoms with E-state index in [1.54, 1.807) is 0 Å². The van der Waals surface area contributed by atoms with Crippen LogP contribution in [0.3, 0.4) is 0 Å². The molecule has 0 bridgehead atoms. The first-order valence-corrected chi connectivity index (χ1v) is 12.6. The zero-order chi connectivity index (χ0) is 24.0. The summed E-state index contributed by atoms with van der Waals surface area (Å²) in [6, 6.07) is 4.58. The monoisotopic (exact) mass is 498 g/mol. The maximum Gasteiger partial charge on any atom is 0.429 e. The average Bonchev–Trinajstić information content (AvgIpc) is 2.81. The Morgan fingerprint density at radius 3 is 2.32 bits per heavy atom. The van der Waals surface area contributed by atoms with E-state index in [0.717, 1.165) is 43.0 Å². The second kappa shape index (κ2) is 9.29. The topological polar surface area (TPSA) is 18.5 Å². The fraction of sp³-hybridized carbons (Fsp3) is 0.538. The van der Waals surface area contributed by atoms with Gasteiger partial charge in [0.05, 0.1) is 6.61 Å². The highest BCUT2D eigenvalue weighted by molar-refractivity contribution is 7.17. The number of halogens is 5. The summed E-state index contributed by atoms with van der Waals surface area (Å²) in [5, 5.41) is 0. The molecule has 2 saturated carbocycles. The Balaban J connectivity index is 1.33. The first-order chi connectivity index (χ1) is 16.2. The van der Waals surface area contributed by atoms with Gasteiger partial charge in [0.25, 0.3) is 0 Å². The fourth-order valence-corrected chi connectivity index (χ4v) is 6.49. The van der Waals surface area contributed by atoms with Gasteiger partial charge in [-0.15, -0.1) is 9.24 Å². The van der Waals surface area contributed by atoms with E-state index >= 15 is 4.39 Å². The number of benzene rings is 2. The molecule has 4 unspecified atom stereocenters. The molecular formula is C26H28F5O2P. The highest BCUT2D eigenvalue weighted by Crippen LogP contribution is 2.52. The molecule has 1 aliphatic heterocycles. The van der Waals surface area contributed by atoms with Crippen molar-refractivity contribution in [1.29, 1.82) is 0 Å². The Morgan fingerprint density at radius 2 is 1.59 bits per heavy atom. The zero-order valence-corrected chi connectivity index (χ0v) is 19.9. The molecule has 0 saturated heterocycles. The summed E-state index contributed by atoms with van der Waals surface area (Å²) in [5.41, 5.74) is 0.365. The van der Waals surface area contributed by atoms with Crippen LogP contribution in [-0.2, 0) is 6.11 Å². The third-order valence-corrected chi connectivity index (χ3v) is 8.59. The van der Waals surface area contributed by atoms with Crippen LogP contribution in [0.25, 0.3) is 0 Å². The standard InChI is InChI=1S/C26H28F5O2P/c27-22-10-4-17(12-23(22)28)33-26(30,31)21-9-8-20-19-7-3-15(14-1-5-18(34)6-2-14)11-16(19)13-32-25(20)24(21)29/h4,8-10,12,14-16,18-19H,1-3,5-7,11,13,34H2. The minimum Gasteiger partial charge on any atom is -0.490 e. The molecule has 4 atom stereocenters. The van der Waals surface area contributed by atoms with Crippen LogP contribution >= 0.6 is 9.24 Å². The van der Waals surface area contributed by atoms with Gasteiger partial charge < -0.3 is 9.47 Å². The number of alkyl halides is 2. The van der Waals surface area contributed by atoms with Gasteiger partial charge >= 0.3 is 6.11 Å². The number of rotatable bonds is 4. The second-order valence-corrected chi connectivity index (χ2v) is 10.9. The van der Waals surface area contributed by atoms with E-state index in [1.807, 2.05) is 0 Å². The van der Waals surface area contributed by atoms with Crippen molar-refractivity contribution < 1.29 is 31.4 Å². The molecule has 0 amide bonds. The summed E-state index contributed by atoms with van der Waals surface area (Å²) in [7, 11) is 2.94. The first kappa shape index (κ1) is 23.8. The summed E-state index contributed by atoms with van der Waals surface area (Å²) < 4.78 is 81.6. The molecule has 2 aromatic rings. The minimum atomic E-state index is -4.09. The average molecular weight is 498 g/mol. The number of hydrogen-bond donors (Lipinski definition) is 0. The Hall–Kier alpha value is -1.88. The Bertz CT molecular complexity index is 1050. The highest BCUT2D eigenvalue weighted by atomic mass is 31.0. The largest absolute Gasteiger partial charge is 0.490 e. The molecule has 0 N–H and O–H groups in total. The van der Waals surface area contributed by atoms with Crippen molar-refractivity contribution in [2.75, 3.05) is 6.61 Å². The first-order valence-electron chi connectivity index (χ1n) is 12.0. The van der Waals surface area contributed by atoms with Gasteiger partial charge in [-0.25, -0.2) is 13.2 Å². The van der Waals surface area contributed by atoms with Crippen molar-refractivity contribution in [2.45, 2.75) is 62.6 Å². The van der Waals surface area contributed by atoms with Crippen LogP contribution in [0.15, 0.2) is 30.3 Å². The minimum absolute atomic E-state index is 0.0855. The van der Waals surface area contributed by atoms with E-state index in [9.17, 15) is 17.6 Å². The summed E-state index contributed by atoms with van der Waals surface area (Å²) in [4.78, 5) is 0. The lowest BCUT2D eigenvalue weighted by atomic mass is 9.65. The molecule has 34 heavy (non-hydrogen) atoms. The summed E-state index contributed by atoms with van der Waals surface area (Å²) in [6.07, 6.45) is 3.88. The van der Waals surface area contributed by atoms with Gasteiger partial charge in [-0.1, -0.05) is 6.07 Å². The predicted octanol–water partition coefficient (Wildman–Crippen LogP) is 7.56. The molecular weight excluding hydrogens is 470 g/mol. The molecule has 5 rings (SSSR count). The fourth-order valence-electron chi connectivity index (χ4n) is 6.11. The van der Waals surface area contributed by atoms with Crippen molar-refractivity contribution in [3.8, 4) is 11.5 Å². The van der Waals surface area contributed by atoms with Gasteiger partial charge in [-0.2, -0.15) is 8.78 Å². The lowest BCUT2D eigenvalue weighted by Crippen LogP contribution is -2.36. The van der Waals surface area contributed by atoms with Crippen molar-refractivity contribution in [2.24, 2.45) is 17.8 Å². The van der Waals surface area contributed by atoms with Crippen LogP contribution in [-0.4, -0.2) is 12.3 Å². The molecule has 2 aliphatic carbocycles. The van der Waals surface area contributed by atoms with E-state index < -0.39 is 34.9 Å². The lowest BCUT2D eigenvalue weighted by Gasteiger charge is -2.44. The molecule has 2 fully saturated rings. The number of hydrogen-bond acceptors (Lipinski definition) is 2. The SMILES string of the molecule is Fc1ccc(OC(F)(F)c2ccc3c(c2F)OCC2CC(C4CCC(P)CC4)CCC32)cc1F. The molecule has 0 radical (unpaired) electrons. The van der Waals surface area contributed by atoms with Crippen molar-refractivity contribution in [3.05, 3.63) is 58.9 Å². The van der Waals surface area contributed by atoms with E-state index in [-0.39, 0.29) is 17.6 Å². The van der Waals surface area contributed by atoms with Crippen molar-refractivity contribution >= 4 is 9.24 Å². The Kier molecular flexibility index (Phi) is 6.52. The van der Waals surface area contributed by atoms with Crippen molar-refractivity contribution in [3.63, 3.8) is 0 Å². The smallest absolute Gasteiger partial charge is 0.429 e. The highest BCUT2D eigenvalue weighted by Gasteiger charge is 2.44. The molecule has 3 aliphatic rings. The van der Waals surface area contributed by atoms with Crippen LogP contribution in [0.5, 0.6) is 11.5 Å². The van der Waals surface area contributed by atoms with Gasteiger partial charge in [-0.3, -0.25) is 0 Å². The molecule has 0 spiro atoms. The number of ether oxygens (including phenoxy) is 2. The van der Waals surface area contributed by atoms with E-state index in [4.69, 9.17) is 4.74 Å². The van der Waals surface area contributed by atoms with E-state index in [2.05, 4.69) is 14.0 Å². The van der Waals surface area contributed by atoms with Crippen LogP contribution in [0.4, 0.5) is 22.0 Å². The molecule has 2 nitrogen and oxygen atoms in total. The Morgan fingerprint density at radius 1 is 0.853 bits per heavy atom. The van der Waals surface area contributed by atoms with Gasteiger partial charge in [0.1, 0.15) is 11.3 Å². The van der Waals surface area contributed by atoms with Gasteiger partial charge in [0, 0.05) is 17.5 Å². The quantitative estimate of drug-likeness (QED) is 0.320. The van der Waals surface area contributed by atoms with E-state index in [0.29, 0.717) is 30.2 Å². The van der Waals surface area contributed by atoms with Crippen LogP contribution < -0.4 is 9.47 Å². The molecule has 8 heteroatoms. The zero-order valence-electron chi connectivity index (χ0n) is 18.7. The summed E-state index contributed by atoms with van der Waals surface area (Å²) in [6.45, 7) is 0.309. The van der Waals surface area contributed by atoms with Crippen LogP contribution in [0, 0.1) is 35.2 Å². The molecule has 2 aromatic carbocycles. The van der Waals surface area contributed by atoms with Crippen molar-refractivity contribution in [1.82, 2.24) is 0 Å². The van der Waals surface area contributed by atoms with Crippen LogP contribution in [0.1, 0.15) is 62.0 Å². The maximum atomic E-state index is 15.2. The van der Waals surface area contributed by atoms with Crippen LogP contribution in [0.2, 0.25) is 0 Å². The Labute approximate surface area is 198 Å². The third-order valence-electron chi connectivity index (χ3n) is 7.93. The molecule has 0 aromatic heterocycles. The number of fused-ring (bicyclic) bond motifs is 3. The van der Waals surface area contributed by atoms with Gasteiger partial charge in [0.15, 0.2) is 23.2 Å².